The molecule has 1 atom stereocenters. The lowest BCUT2D eigenvalue weighted by Crippen LogP contribution is -2.44. The Morgan fingerprint density at radius 1 is 1.42 bits per heavy atom. The molecule has 0 radical (unpaired) electrons. The first kappa shape index (κ1) is 19.7. The summed E-state index contributed by atoms with van der Waals surface area (Å²) in [7, 11) is 0. The van der Waals surface area contributed by atoms with Gasteiger partial charge < -0.3 is 20.7 Å². The molecule has 26 heavy (non-hydrogen) atoms. The number of hydrogen-bond donors (Lipinski definition) is 4. The SMILES string of the molecule is NC[C@@H](CNc1ccc(N2CCON(C(=O)NN)CC2)c(F)c1)OC=O. The van der Waals surface area contributed by atoms with E-state index in [1.54, 1.807) is 17.0 Å². The number of hydroxylamine groups is 2. The molecule has 0 bridgehead atoms. The number of halogens is 1. The molecule has 0 unspecified atom stereocenters. The lowest BCUT2D eigenvalue weighted by molar-refractivity contribution is -0.132. The zero-order valence-electron chi connectivity index (χ0n) is 14.2. The van der Waals surface area contributed by atoms with Gasteiger partial charge >= 0.3 is 6.03 Å². The van der Waals surface area contributed by atoms with Gasteiger partial charge in [0, 0.05) is 25.3 Å². The molecule has 144 valence electrons. The Kier molecular flexibility index (Phi) is 7.38. The van der Waals surface area contributed by atoms with Crippen LogP contribution < -0.4 is 27.2 Å². The molecule has 0 spiro atoms. The van der Waals surface area contributed by atoms with Crippen molar-refractivity contribution >= 4 is 23.9 Å². The van der Waals surface area contributed by atoms with E-state index < -0.39 is 18.0 Å². The standard InChI is InChI=1S/C15H23FN6O4/c16-13-7-11(19-9-12(8-17)25-10-23)1-2-14(13)21-3-4-22(15(24)20-18)26-6-5-21/h1-2,7,10,12,19H,3-6,8-9,17-18H2,(H,20,24)/t12-/m0/s1. The quantitative estimate of drug-likeness (QED) is 0.216. The number of carbonyl (C=O) groups excluding carboxylic acids is 2. The van der Waals surface area contributed by atoms with Gasteiger partial charge in [0.15, 0.2) is 0 Å². The number of benzene rings is 1. The fourth-order valence-corrected chi connectivity index (χ4v) is 2.49. The Morgan fingerprint density at radius 3 is 2.88 bits per heavy atom. The minimum Gasteiger partial charge on any atom is -0.461 e. The van der Waals surface area contributed by atoms with E-state index in [1.165, 1.54) is 6.07 Å². The zero-order chi connectivity index (χ0) is 18.9. The highest BCUT2D eigenvalue weighted by Crippen LogP contribution is 2.23. The van der Waals surface area contributed by atoms with E-state index in [1.807, 2.05) is 5.43 Å². The Hall–Kier alpha value is -2.63. The molecule has 2 amide bonds. The van der Waals surface area contributed by atoms with Gasteiger partial charge in [0.2, 0.25) is 0 Å². The Balaban J connectivity index is 1.98. The molecular formula is C15H23FN6O4. The molecule has 1 aliphatic rings. The number of hydrazine groups is 1. The van der Waals surface area contributed by atoms with Crippen molar-refractivity contribution in [1.29, 1.82) is 0 Å². The summed E-state index contributed by atoms with van der Waals surface area (Å²) >= 11 is 0. The monoisotopic (exact) mass is 370 g/mol. The van der Waals surface area contributed by atoms with Crippen LogP contribution in [0.1, 0.15) is 0 Å². The molecule has 1 fully saturated rings. The van der Waals surface area contributed by atoms with Gasteiger partial charge in [-0.25, -0.2) is 20.1 Å². The number of rotatable bonds is 7. The maximum absolute atomic E-state index is 14.5. The number of nitrogens with two attached hydrogens (primary N) is 2. The highest BCUT2D eigenvalue weighted by molar-refractivity contribution is 5.72. The second-order valence-corrected chi connectivity index (χ2v) is 5.51. The molecule has 6 N–H and O–H groups in total. The molecule has 1 aromatic carbocycles. The van der Waals surface area contributed by atoms with E-state index in [0.29, 0.717) is 30.9 Å². The molecule has 1 saturated heterocycles. The molecule has 10 nitrogen and oxygen atoms in total. The predicted octanol–water partition coefficient (Wildman–Crippen LogP) is -0.625. The van der Waals surface area contributed by atoms with Crippen LogP contribution in [0.5, 0.6) is 0 Å². The number of anilines is 2. The van der Waals surface area contributed by atoms with Gasteiger partial charge in [-0.15, -0.1) is 0 Å². The first-order valence-electron chi connectivity index (χ1n) is 8.07. The van der Waals surface area contributed by atoms with Gasteiger partial charge in [-0.2, -0.15) is 0 Å². The van der Waals surface area contributed by atoms with Crippen LogP contribution in [0.2, 0.25) is 0 Å². The second-order valence-electron chi connectivity index (χ2n) is 5.51. The van der Waals surface area contributed by atoms with E-state index in [9.17, 15) is 14.0 Å². The van der Waals surface area contributed by atoms with Crippen LogP contribution in [-0.2, 0) is 14.4 Å². The average molecular weight is 370 g/mol. The molecule has 2 rings (SSSR count). The molecule has 0 aliphatic carbocycles. The van der Waals surface area contributed by atoms with Crippen molar-refractivity contribution in [3.05, 3.63) is 24.0 Å². The van der Waals surface area contributed by atoms with Crippen LogP contribution in [0.4, 0.5) is 20.6 Å². The molecule has 0 aromatic heterocycles. The van der Waals surface area contributed by atoms with E-state index in [2.05, 4.69) is 5.32 Å². The van der Waals surface area contributed by atoms with Crippen molar-refractivity contribution in [2.24, 2.45) is 11.6 Å². The summed E-state index contributed by atoms with van der Waals surface area (Å²) in [5.41, 5.74) is 8.40. The number of hydrogen-bond acceptors (Lipinski definition) is 8. The van der Waals surface area contributed by atoms with Crippen molar-refractivity contribution in [2.45, 2.75) is 6.10 Å². The van der Waals surface area contributed by atoms with Gasteiger partial charge in [0.05, 0.1) is 25.4 Å². The van der Waals surface area contributed by atoms with E-state index in [-0.39, 0.29) is 26.2 Å². The third kappa shape index (κ3) is 5.18. The first-order valence-corrected chi connectivity index (χ1v) is 8.07. The minimum absolute atomic E-state index is 0.160. The lowest BCUT2D eigenvalue weighted by Gasteiger charge is -2.23. The number of nitrogens with one attached hydrogen (secondary N) is 2. The second kappa shape index (κ2) is 9.75. The Morgan fingerprint density at radius 2 is 2.23 bits per heavy atom. The summed E-state index contributed by atoms with van der Waals surface area (Å²) in [4.78, 5) is 28.9. The summed E-state index contributed by atoms with van der Waals surface area (Å²) in [6, 6.07) is 4.14. The predicted molar refractivity (Wildman–Crippen MR) is 92.5 cm³/mol. The highest BCUT2D eigenvalue weighted by atomic mass is 19.1. The third-order valence-corrected chi connectivity index (χ3v) is 3.86. The van der Waals surface area contributed by atoms with Crippen LogP contribution >= 0.6 is 0 Å². The third-order valence-electron chi connectivity index (χ3n) is 3.86. The Labute approximate surface area is 150 Å². The number of nitrogens with zero attached hydrogens (tertiary/aromatic N) is 2. The summed E-state index contributed by atoms with van der Waals surface area (Å²) in [6.07, 6.45) is -0.488. The summed E-state index contributed by atoms with van der Waals surface area (Å²) in [5, 5.41) is 4.08. The number of amides is 2. The molecule has 11 heteroatoms. The number of ether oxygens (including phenoxy) is 1. The van der Waals surface area contributed by atoms with Gasteiger partial charge in [-0.1, -0.05) is 0 Å². The van der Waals surface area contributed by atoms with Gasteiger partial charge in [0.1, 0.15) is 11.9 Å². The summed E-state index contributed by atoms with van der Waals surface area (Å²) in [5.74, 6) is 4.66. The fourth-order valence-electron chi connectivity index (χ4n) is 2.49. The maximum Gasteiger partial charge on any atom is 0.355 e. The van der Waals surface area contributed by atoms with Crippen molar-refractivity contribution in [3.63, 3.8) is 0 Å². The normalized spacial score (nSPS) is 15.8. The van der Waals surface area contributed by atoms with Crippen molar-refractivity contribution in [1.82, 2.24) is 10.5 Å². The van der Waals surface area contributed by atoms with Crippen LogP contribution in [-0.4, -0.2) is 63.0 Å². The summed E-state index contributed by atoms with van der Waals surface area (Å²) in [6.45, 7) is 2.03. The Bertz CT molecular complexity index is 620. The average Bonchev–Trinajstić information content (AvgIpc) is 2.90. The van der Waals surface area contributed by atoms with Crippen molar-refractivity contribution in [2.75, 3.05) is 49.5 Å². The number of carbonyl (C=O) groups is 2. The molecular weight excluding hydrogens is 347 g/mol. The minimum atomic E-state index is -0.557. The molecule has 1 heterocycles. The zero-order valence-corrected chi connectivity index (χ0v) is 14.2. The van der Waals surface area contributed by atoms with Gasteiger partial charge in [-0.05, 0) is 18.2 Å². The number of urea groups is 1. The van der Waals surface area contributed by atoms with E-state index in [4.69, 9.17) is 21.2 Å². The molecule has 1 aliphatic heterocycles. The largest absolute Gasteiger partial charge is 0.461 e. The molecule has 0 saturated carbocycles. The van der Waals surface area contributed by atoms with Crippen LogP contribution in [0.3, 0.4) is 0 Å². The van der Waals surface area contributed by atoms with E-state index in [0.717, 1.165) is 5.06 Å². The molecule has 1 aromatic rings. The fraction of sp³-hybridized carbons (Fsp3) is 0.467. The lowest BCUT2D eigenvalue weighted by atomic mass is 10.2. The van der Waals surface area contributed by atoms with Gasteiger partial charge in [0.25, 0.3) is 6.47 Å². The van der Waals surface area contributed by atoms with Gasteiger partial charge in [-0.3, -0.25) is 15.1 Å². The van der Waals surface area contributed by atoms with Crippen LogP contribution in [0.25, 0.3) is 0 Å². The van der Waals surface area contributed by atoms with Crippen LogP contribution in [0.15, 0.2) is 18.2 Å². The first-order chi connectivity index (χ1) is 12.6. The van der Waals surface area contributed by atoms with Crippen LogP contribution in [0, 0.1) is 5.82 Å². The summed E-state index contributed by atoms with van der Waals surface area (Å²) < 4.78 is 19.3. The highest BCUT2D eigenvalue weighted by Gasteiger charge is 2.21. The smallest absolute Gasteiger partial charge is 0.355 e. The maximum atomic E-state index is 14.5. The van der Waals surface area contributed by atoms with Crippen molar-refractivity contribution in [3.8, 4) is 0 Å². The van der Waals surface area contributed by atoms with E-state index >= 15 is 0 Å². The van der Waals surface area contributed by atoms with Crippen molar-refractivity contribution < 1.29 is 23.6 Å². The topological polar surface area (TPSA) is 135 Å².